The molecule has 1 aliphatic heterocycles. The van der Waals surface area contributed by atoms with E-state index in [1.807, 2.05) is 38.1 Å². The lowest BCUT2D eigenvalue weighted by Crippen LogP contribution is -2.42. The van der Waals surface area contributed by atoms with Gasteiger partial charge >= 0.3 is 5.97 Å². The van der Waals surface area contributed by atoms with E-state index in [-0.39, 0.29) is 12.6 Å². The van der Waals surface area contributed by atoms with Crippen molar-refractivity contribution in [1.29, 1.82) is 0 Å². The molecule has 1 heterocycles. The summed E-state index contributed by atoms with van der Waals surface area (Å²) in [7, 11) is 0. The Bertz CT molecular complexity index is 552. The fraction of sp³-hybridized carbons (Fsp3) is 0.286. The van der Waals surface area contributed by atoms with Crippen LogP contribution in [0.2, 0.25) is 0 Å². The molecule has 5 heteroatoms. The summed E-state index contributed by atoms with van der Waals surface area (Å²) in [6.07, 6.45) is 0. The van der Waals surface area contributed by atoms with Gasteiger partial charge in [0.2, 0.25) is 0 Å². The van der Waals surface area contributed by atoms with Crippen molar-refractivity contribution in [3.05, 3.63) is 46.7 Å². The van der Waals surface area contributed by atoms with E-state index in [4.69, 9.17) is 17.0 Å². The number of carbonyl (C=O) groups is 1. The Morgan fingerprint density at radius 3 is 2.89 bits per heavy atom. The zero-order valence-corrected chi connectivity index (χ0v) is 11.8. The van der Waals surface area contributed by atoms with Gasteiger partial charge in [0, 0.05) is 5.70 Å². The summed E-state index contributed by atoms with van der Waals surface area (Å²) in [5.41, 5.74) is 3.47. The Kier molecular flexibility index (Phi) is 4.16. The SMILES string of the molecule is CC1=C(C(=O)OCc2cccc(C)c2)CNC(=S)N1. The third-order valence-corrected chi connectivity index (χ3v) is 3.12. The van der Waals surface area contributed by atoms with Crippen LogP contribution in [0.3, 0.4) is 0 Å². The number of carbonyl (C=O) groups excluding carboxylic acids is 1. The quantitative estimate of drug-likeness (QED) is 0.651. The van der Waals surface area contributed by atoms with Gasteiger partial charge in [0.05, 0.1) is 12.1 Å². The van der Waals surface area contributed by atoms with Gasteiger partial charge in [0.1, 0.15) is 6.61 Å². The van der Waals surface area contributed by atoms with E-state index >= 15 is 0 Å². The van der Waals surface area contributed by atoms with Gasteiger partial charge in [0.15, 0.2) is 5.11 Å². The first-order valence-electron chi connectivity index (χ1n) is 6.03. The molecule has 2 rings (SSSR count). The Morgan fingerprint density at radius 1 is 1.42 bits per heavy atom. The lowest BCUT2D eigenvalue weighted by molar-refractivity contribution is -0.140. The highest BCUT2D eigenvalue weighted by Gasteiger charge is 2.19. The van der Waals surface area contributed by atoms with E-state index < -0.39 is 0 Å². The summed E-state index contributed by atoms with van der Waals surface area (Å²) in [6, 6.07) is 7.90. The first-order valence-corrected chi connectivity index (χ1v) is 6.44. The fourth-order valence-corrected chi connectivity index (χ4v) is 2.08. The Hall–Kier alpha value is -1.88. The van der Waals surface area contributed by atoms with E-state index in [9.17, 15) is 4.79 Å². The molecule has 1 aromatic rings. The van der Waals surface area contributed by atoms with Gasteiger partial charge in [-0.25, -0.2) is 4.79 Å². The zero-order chi connectivity index (χ0) is 13.8. The van der Waals surface area contributed by atoms with E-state index in [2.05, 4.69) is 10.6 Å². The molecule has 100 valence electrons. The van der Waals surface area contributed by atoms with E-state index in [0.29, 0.717) is 17.2 Å². The predicted octanol–water partition coefficient (Wildman–Crippen LogP) is 1.79. The maximum Gasteiger partial charge on any atom is 0.337 e. The first kappa shape index (κ1) is 13.5. The number of ether oxygens (including phenoxy) is 1. The van der Waals surface area contributed by atoms with Gasteiger partial charge in [-0.05, 0) is 31.6 Å². The lowest BCUT2D eigenvalue weighted by Gasteiger charge is -2.20. The van der Waals surface area contributed by atoms with Crippen LogP contribution in [0.4, 0.5) is 0 Å². The lowest BCUT2D eigenvalue weighted by atomic mass is 10.1. The van der Waals surface area contributed by atoms with Crippen molar-refractivity contribution in [2.45, 2.75) is 20.5 Å². The first-order chi connectivity index (χ1) is 9.06. The van der Waals surface area contributed by atoms with Crippen LogP contribution in [-0.4, -0.2) is 17.6 Å². The molecule has 2 N–H and O–H groups in total. The summed E-state index contributed by atoms with van der Waals surface area (Å²) in [5.74, 6) is -0.318. The van der Waals surface area contributed by atoms with Gasteiger partial charge in [-0.3, -0.25) is 0 Å². The van der Waals surface area contributed by atoms with Crippen molar-refractivity contribution < 1.29 is 9.53 Å². The number of nitrogens with one attached hydrogen (secondary N) is 2. The van der Waals surface area contributed by atoms with Gasteiger partial charge < -0.3 is 15.4 Å². The Balaban J connectivity index is 1.98. The standard InChI is InChI=1S/C14H16N2O2S/c1-9-4-3-5-11(6-9)8-18-13(17)12-7-15-14(19)16-10(12)2/h3-6H,7-8H2,1-2H3,(H2,15,16,19). The topological polar surface area (TPSA) is 50.4 Å². The normalized spacial score (nSPS) is 14.7. The third kappa shape index (κ3) is 3.54. The van der Waals surface area contributed by atoms with Crippen LogP contribution in [0.5, 0.6) is 0 Å². The monoisotopic (exact) mass is 276 g/mol. The molecule has 0 unspecified atom stereocenters. The third-order valence-electron chi connectivity index (χ3n) is 2.88. The molecule has 0 saturated heterocycles. The molecule has 19 heavy (non-hydrogen) atoms. The molecule has 0 bridgehead atoms. The van der Waals surface area contributed by atoms with Gasteiger partial charge in [-0.2, -0.15) is 0 Å². The highest BCUT2D eigenvalue weighted by Crippen LogP contribution is 2.10. The molecule has 0 amide bonds. The van der Waals surface area contributed by atoms with E-state index in [1.54, 1.807) is 0 Å². The van der Waals surface area contributed by atoms with Gasteiger partial charge in [-0.15, -0.1) is 0 Å². The fourth-order valence-electron chi connectivity index (χ4n) is 1.85. The second kappa shape index (κ2) is 5.84. The molecule has 0 atom stereocenters. The number of aryl methyl sites for hydroxylation is 1. The second-order valence-electron chi connectivity index (χ2n) is 4.48. The summed E-state index contributed by atoms with van der Waals surface area (Å²) in [4.78, 5) is 12.0. The number of thiocarbonyl (C=S) groups is 1. The summed E-state index contributed by atoms with van der Waals surface area (Å²) in [6.45, 7) is 4.51. The van der Waals surface area contributed by atoms with Crippen LogP contribution in [-0.2, 0) is 16.1 Å². The van der Waals surface area contributed by atoms with Crippen molar-refractivity contribution >= 4 is 23.3 Å². The van der Waals surface area contributed by atoms with Crippen LogP contribution in [0, 0.1) is 6.92 Å². The molecule has 0 spiro atoms. The number of rotatable bonds is 3. The highest BCUT2D eigenvalue weighted by molar-refractivity contribution is 7.80. The van der Waals surface area contributed by atoms with Crippen molar-refractivity contribution in [3.8, 4) is 0 Å². The minimum absolute atomic E-state index is 0.280. The van der Waals surface area contributed by atoms with E-state index in [0.717, 1.165) is 16.8 Å². The molecule has 1 aliphatic rings. The smallest absolute Gasteiger partial charge is 0.337 e. The van der Waals surface area contributed by atoms with Crippen LogP contribution >= 0.6 is 12.2 Å². The minimum atomic E-state index is -0.318. The van der Waals surface area contributed by atoms with Crippen LogP contribution in [0.15, 0.2) is 35.5 Å². The molecule has 0 fully saturated rings. The predicted molar refractivity (Wildman–Crippen MR) is 77.4 cm³/mol. The van der Waals surface area contributed by atoms with Crippen LogP contribution in [0.25, 0.3) is 0 Å². The van der Waals surface area contributed by atoms with Crippen molar-refractivity contribution in [3.63, 3.8) is 0 Å². The minimum Gasteiger partial charge on any atom is -0.457 e. The largest absolute Gasteiger partial charge is 0.457 e. The van der Waals surface area contributed by atoms with Crippen LogP contribution in [0.1, 0.15) is 18.1 Å². The molecule has 0 radical (unpaired) electrons. The number of esters is 1. The summed E-state index contributed by atoms with van der Waals surface area (Å²) >= 11 is 4.97. The number of hydrogen-bond donors (Lipinski definition) is 2. The zero-order valence-electron chi connectivity index (χ0n) is 10.9. The average Bonchev–Trinajstić information content (AvgIpc) is 2.36. The number of hydrogen-bond acceptors (Lipinski definition) is 3. The van der Waals surface area contributed by atoms with Crippen molar-refractivity contribution in [1.82, 2.24) is 10.6 Å². The Labute approximate surface area is 117 Å². The van der Waals surface area contributed by atoms with Crippen LogP contribution < -0.4 is 10.6 Å². The van der Waals surface area contributed by atoms with Gasteiger partial charge in [-0.1, -0.05) is 29.8 Å². The molecule has 4 nitrogen and oxygen atoms in total. The molecule has 1 aromatic carbocycles. The average molecular weight is 276 g/mol. The summed E-state index contributed by atoms with van der Waals surface area (Å²) in [5, 5.41) is 6.36. The molecular formula is C14H16N2O2S. The maximum absolute atomic E-state index is 12.0. The van der Waals surface area contributed by atoms with Gasteiger partial charge in [0.25, 0.3) is 0 Å². The molecular weight excluding hydrogens is 260 g/mol. The number of allylic oxidation sites excluding steroid dienone is 1. The molecule has 0 saturated carbocycles. The summed E-state index contributed by atoms with van der Waals surface area (Å²) < 4.78 is 5.31. The Morgan fingerprint density at radius 2 is 2.21 bits per heavy atom. The number of benzene rings is 1. The molecule has 0 aromatic heterocycles. The van der Waals surface area contributed by atoms with Crippen molar-refractivity contribution in [2.75, 3.05) is 6.54 Å². The maximum atomic E-state index is 12.0. The van der Waals surface area contributed by atoms with E-state index in [1.165, 1.54) is 0 Å². The highest BCUT2D eigenvalue weighted by atomic mass is 32.1. The second-order valence-corrected chi connectivity index (χ2v) is 4.88. The molecule has 0 aliphatic carbocycles. The van der Waals surface area contributed by atoms with Crippen molar-refractivity contribution in [2.24, 2.45) is 0 Å².